The van der Waals surface area contributed by atoms with E-state index in [0.717, 1.165) is 5.01 Å². The van der Waals surface area contributed by atoms with Crippen LogP contribution in [0.3, 0.4) is 0 Å². The third-order valence-corrected chi connectivity index (χ3v) is 4.70. The molecule has 140 valence electrons. The number of nitro benzene ring substituents is 1. The second-order valence-corrected chi connectivity index (χ2v) is 6.57. The molecule has 0 spiro atoms. The third kappa shape index (κ3) is 4.29. The monoisotopic (exact) mass is 389 g/mol. The minimum Gasteiger partial charge on any atom is -0.460 e. The van der Waals surface area contributed by atoms with Gasteiger partial charge in [0.15, 0.2) is 5.92 Å². The Morgan fingerprint density at radius 1 is 1.30 bits per heavy atom. The van der Waals surface area contributed by atoms with E-state index in [-0.39, 0.29) is 18.2 Å². The molecule has 2 amide bonds. The number of non-ortho nitro benzene ring substituents is 1. The van der Waals surface area contributed by atoms with E-state index in [0.29, 0.717) is 24.1 Å². The van der Waals surface area contributed by atoms with Crippen LogP contribution in [0.5, 0.6) is 0 Å². The summed E-state index contributed by atoms with van der Waals surface area (Å²) in [4.78, 5) is 46.5. The van der Waals surface area contributed by atoms with E-state index in [2.05, 4.69) is 5.43 Å². The summed E-state index contributed by atoms with van der Waals surface area (Å²) in [6.45, 7) is 0.270. The van der Waals surface area contributed by atoms with Gasteiger partial charge < -0.3 is 4.74 Å². The molecule has 1 unspecified atom stereocenters. The van der Waals surface area contributed by atoms with Crippen molar-refractivity contribution < 1.29 is 24.0 Å². The van der Waals surface area contributed by atoms with Crippen LogP contribution in [0, 0.1) is 10.1 Å². The van der Waals surface area contributed by atoms with Crippen molar-refractivity contribution in [2.75, 3.05) is 6.54 Å². The number of amides is 2. The molecule has 3 rings (SSSR count). The number of benzene rings is 1. The minimum atomic E-state index is -1.21. The first-order valence-corrected chi connectivity index (χ1v) is 8.93. The number of carbonyl (C=O) groups excluding carboxylic acids is 3. The number of hydrogen-bond donors (Lipinski definition) is 1. The van der Waals surface area contributed by atoms with Gasteiger partial charge >= 0.3 is 5.97 Å². The van der Waals surface area contributed by atoms with E-state index in [1.165, 1.54) is 35.6 Å². The number of hydrogen-bond acceptors (Lipinski definition) is 7. The summed E-state index contributed by atoms with van der Waals surface area (Å²) >= 11 is 1.33. The quantitative estimate of drug-likeness (QED) is 0.253. The van der Waals surface area contributed by atoms with E-state index >= 15 is 0 Å². The maximum Gasteiger partial charge on any atom is 0.323 e. The summed E-state index contributed by atoms with van der Waals surface area (Å²) in [5.41, 5.74) is 3.38. The fourth-order valence-electron chi connectivity index (χ4n) is 2.42. The van der Waals surface area contributed by atoms with E-state index in [1.54, 1.807) is 16.8 Å². The molecule has 1 atom stereocenters. The Hall–Kier alpha value is -3.27. The van der Waals surface area contributed by atoms with Crippen LogP contribution in [0.15, 0.2) is 41.1 Å². The summed E-state index contributed by atoms with van der Waals surface area (Å²) in [5, 5.41) is 15.2. The number of thiophene rings is 1. The average Bonchev–Trinajstić information content (AvgIpc) is 3.17. The molecule has 1 aromatic carbocycles. The number of esters is 1. The second kappa shape index (κ2) is 7.96. The first kappa shape index (κ1) is 18.5. The first-order chi connectivity index (χ1) is 13.0. The summed E-state index contributed by atoms with van der Waals surface area (Å²) in [5.74, 6) is -2.83. The van der Waals surface area contributed by atoms with Gasteiger partial charge in [-0.1, -0.05) is 0 Å². The normalized spacial score (nSPS) is 14.2. The van der Waals surface area contributed by atoms with E-state index < -0.39 is 22.7 Å². The molecule has 1 aromatic heterocycles. The number of hydrazine groups is 1. The highest BCUT2D eigenvalue weighted by Gasteiger charge is 2.34. The Morgan fingerprint density at radius 2 is 2.04 bits per heavy atom. The van der Waals surface area contributed by atoms with Gasteiger partial charge in [0.1, 0.15) is 6.61 Å². The van der Waals surface area contributed by atoms with Gasteiger partial charge in [0.2, 0.25) is 5.91 Å². The van der Waals surface area contributed by atoms with Gasteiger partial charge in [0.25, 0.3) is 11.6 Å². The van der Waals surface area contributed by atoms with E-state index in [1.807, 2.05) is 0 Å². The molecule has 0 aliphatic carbocycles. The van der Waals surface area contributed by atoms with Crippen LogP contribution in [0.25, 0.3) is 0 Å². The van der Waals surface area contributed by atoms with Crippen molar-refractivity contribution in [1.82, 2.24) is 10.4 Å². The summed E-state index contributed by atoms with van der Waals surface area (Å²) in [7, 11) is 0. The lowest BCUT2D eigenvalue weighted by atomic mass is 10.0. The van der Waals surface area contributed by atoms with Gasteiger partial charge in [-0.25, -0.2) is 0 Å². The topological polar surface area (TPSA) is 119 Å². The lowest BCUT2D eigenvalue weighted by Crippen LogP contribution is -2.56. The second-order valence-electron chi connectivity index (χ2n) is 5.79. The molecule has 2 aromatic rings. The minimum absolute atomic E-state index is 0.0696. The van der Waals surface area contributed by atoms with Crippen LogP contribution >= 0.6 is 11.3 Å². The zero-order chi connectivity index (χ0) is 19.4. The lowest BCUT2D eigenvalue weighted by molar-refractivity contribution is -0.384. The van der Waals surface area contributed by atoms with Gasteiger partial charge in [-0.3, -0.25) is 34.9 Å². The predicted octanol–water partition coefficient (Wildman–Crippen LogP) is 1.75. The van der Waals surface area contributed by atoms with Crippen molar-refractivity contribution in [2.24, 2.45) is 0 Å². The molecule has 9 nitrogen and oxygen atoms in total. The molecular weight excluding hydrogens is 374 g/mol. The highest BCUT2D eigenvalue weighted by molar-refractivity contribution is 7.08. The molecule has 27 heavy (non-hydrogen) atoms. The van der Waals surface area contributed by atoms with Gasteiger partial charge in [-0.15, -0.1) is 0 Å². The molecule has 1 N–H and O–H groups in total. The first-order valence-electron chi connectivity index (χ1n) is 7.98. The molecular formula is C17H15N3O6S. The predicted molar refractivity (Wildman–Crippen MR) is 94.4 cm³/mol. The molecule has 10 heteroatoms. The van der Waals surface area contributed by atoms with Crippen LogP contribution in [0.4, 0.5) is 5.69 Å². The van der Waals surface area contributed by atoms with Crippen LogP contribution in [-0.2, 0) is 25.7 Å². The van der Waals surface area contributed by atoms with Crippen molar-refractivity contribution in [3.8, 4) is 0 Å². The number of nitrogens with zero attached hydrogens (tertiary/aromatic N) is 2. The average molecular weight is 389 g/mol. The Balaban J connectivity index is 1.66. The summed E-state index contributed by atoms with van der Waals surface area (Å²) in [6.07, 6.45) is 0.355. The maximum absolute atomic E-state index is 12.5. The molecule has 1 fully saturated rings. The molecule has 1 saturated heterocycles. The summed E-state index contributed by atoms with van der Waals surface area (Å²) in [6, 6.07) is 7.21. The highest BCUT2D eigenvalue weighted by Crippen LogP contribution is 2.22. The number of rotatable bonds is 7. The van der Waals surface area contributed by atoms with Gasteiger partial charge in [-0.2, -0.15) is 11.3 Å². The number of carbonyl (C=O) groups is 3. The largest absolute Gasteiger partial charge is 0.460 e. The summed E-state index contributed by atoms with van der Waals surface area (Å²) < 4.78 is 5.23. The number of nitro groups is 1. The van der Waals surface area contributed by atoms with Crippen LogP contribution in [-0.4, -0.2) is 34.3 Å². The fraction of sp³-hybridized carbons (Fsp3) is 0.235. The maximum atomic E-state index is 12.5. The third-order valence-electron chi connectivity index (χ3n) is 4.00. The fourth-order valence-corrected chi connectivity index (χ4v) is 3.10. The Morgan fingerprint density at radius 3 is 2.56 bits per heavy atom. The van der Waals surface area contributed by atoms with Gasteiger partial charge in [0, 0.05) is 18.6 Å². The zero-order valence-electron chi connectivity index (χ0n) is 14.0. The van der Waals surface area contributed by atoms with Crippen molar-refractivity contribution in [2.45, 2.75) is 18.9 Å². The SMILES string of the molecule is O=C(NN1CCC1=O)C(C(=O)OCc1ccc([N+](=O)[O-])cc1)c1ccsc1. The van der Waals surface area contributed by atoms with Gasteiger partial charge in [-0.05, 0) is 40.1 Å². The molecule has 0 radical (unpaired) electrons. The Kier molecular flexibility index (Phi) is 5.46. The van der Waals surface area contributed by atoms with E-state index in [4.69, 9.17) is 4.74 Å². The van der Waals surface area contributed by atoms with E-state index in [9.17, 15) is 24.5 Å². The Bertz CT molecular complexity index is 865. The van der Waals surface area contributed by atoms with Crippen LogP contribution in [0.1, 0.15) is 23.5 Å². The molecule has 1 aliphatic heterocycles. The molecule has 0 bridgehead atoms. The zero-order valence-corrected chi connectivity index (χ0v) is 14.8. The van der Waals surface area contributed by atoms with Gasteiger partial charge in [0.05, 0.1) is 11.5 Å². The lowest BCUT2D eigenvalue weighted by Gasteiger charge is -2.31. The highest BCUT2D eigenvalue weighted by atomic mass is 32.1. The van der Waals surface area contributed by atoms with Crippen LogP contribution in [0.2, 0.25) is 0 Å². The number of β-lactam (4-membered cyclic amide) rings is 1. The Labute approximate surface area is 157 Å². The van der Waals surface area contributed by atoms with Crippen molar-refractivity contribution in [3.05, 3.63) is 62.3 Å². The smallest absolute Gasteiger partial charge is 0.323 e. The number of ether oxygens (including phenoxy) is 1. The molecule has 1 aliphatic rings. The van der Waals surface area contributed by atoms with Crippen molar-refractivity contribution in [1.29, 1.82) is 0 Å². The van der Waals surface area contributed by atoms with Crippen LogP contribution < -0.4 is 5.43 Å². The number of nitrogens with one attached hydrogen (secondary N) is 1. The molecule has 0 saturated carbocycles. The molecule has 2 heterocycles. The van der Waals surface area contributed by atoms with Crippen molar-refractivity contribution >= 4 is 34.8 Å². The van der Waals surface area contributed by atoms with Crippen molar-refractivity contribution in [3.63, 3.8) is 0 Å². The standard InChI is InChI=1S/C17H15N3O6S/c21-14-5-7-19(14)18-16(22)15(12-6-8-27-10-12)17(23)26-9-11-1-3-13(4-2-11)20(24)25/h1-4,6,8,10,15H,5,7,9H2,(H,18,22).